The Labute approximate surface area is 56.9 Å². The van der Waals surface area contributed by atoms with E-state index in [1.165, 1.54) is 0 Å². The fraction of sp³-hybridized carbons (Fsp3) is 0.500. The van der Waals surface area contributed by atoms with Gasteiger partial charge in [-0.25, -0.2) is 9.59 Å². The molecule has 6 nitrogen and oxygen atoms in total. The predicted octanol–water partition coefficient (Wildman–Crippen LogP) is -1.92. The molecule has 0 rings (SSSR count). The molecule has 0 aromatic carbocycles. The minimum Gasteiger partial charge on any atom is -0.473 e. The lowest BCUT2D eigenvalue weighted by atomic mass is 10.6. The van der Waals surface area contributed by atoms with Crippen molar-refractivity contribution in [1.29, 1.82) is 0 Å². The van der Waals surface area contributed by atoms with E-state index in [1.54, 1.807) is 0 Å². The number of ether oxygens (including phenoxy) is 1. The molecule has 0 spiro atoms. The van der Waals surface area contributed by atoms with Crippen molar-refractivity contribution in [2.45, 2.75) is 0 Å². The molecular formula is C4H8N2O4. The highest BCUT2D eigenvalue weighted by Crippen LogP contribution is 1.75. The summed E-state index contributed by atoms with van der Waals surface area (Å²) in [7, 11) is 0. The Bertz CT molecular complexity index is 135. The number of hydrogen-bond acceptors (Lipinski definition) is 5. The molecule has 0 aliphatic carbocycles. The van der Waals surface area contributed by atoms with Gasteiger partial charge in [-0.05, 0) is 0 Å². The van der Waals surface area contributed by atoms with Gasteiger partial charge in [-0.1, -0.05) is 0 Å². The summed E-state index contributed by atoms with van der Waals surface area (Å²) in [5.41, 5.74) is 2.19. The number of carbonyl (C=O) groups is 2. The third kappa shape index (κ3) is 3.81. The zero-order valence-electron chi connectivity index (χ0n) is 5.16. The molecule has 0 amide bonds. The predicted molar refractivity (Wildman–Crippen MR) is 30.8 cm³/mol. The highest BCUT2D eigenvalue weighted by atomic mass is 16.6. The third-order valence-electron chi connectivity index (χ3n) is 0.654. The van der Waals surface area contributed by atoms with Crippen molar-refractivity contribution in [3.63, 3.8) is 0 Å². The van der Waals surface area contributed by atoms with Gasteiger partial charge in [0.25, 0.3) is 0 Å². The summed E-state index contributed by atoms with van der Waals surface area (Å²) in [6.07, 6.45) is 0. The van der Waals surface area contributed by atoms with Crippen molar-refractivity contribution in [1.82, 2.24) is 5.43 Å². The Hall–Kier alpha value is -1.14. The number of hydrogen-bond donors (Lipinski definition) is 3. The molecule has 0 radical (unpaired) electrons. The molecular weight excluding hydrogens is 140 g/mol. The second kappa shape index (κ2) is 4.71. The SMILES string of the molecule is NNCCOC(=O)C(=O)O. The number of carboxylic acid groups (broad SMARTS) is 1. The lowest BCUT2D eigenvalue weighted by Crippen LogP contribution is -2.28. The highest BCUT2D eigenvalue weighted by molar-refractivity contribution is 6.28. The summed E-state index contributed by atoms with van der Waals surface area (Å²) < 4.78 is 4.16. The van der Waals surface area contributed by atoms with Crippen molar-refractivity contribution in [3.05, 3.63) is 0 Å². The Morgan fingerprint density at radius 1 is 1.60 bits per heavy atom. The van der Waals surface area contributed by atoms with E-state index >= 15 is 0 Å². The second-order valence-electron chi connectivity index (χ2n) is 1.40. The van der Waals surface area contributed by atoms with Crippen molar-refractivity contribution in [2.24, 2.45) is 5.84 Å². The maximum Gasteiger partial charge on any atom is 0.417 e. The van der Waals surface area contributed by atoms with Crippen LogP contribution in [0.4, 0.5) is 0 Å². The van der Waals surface area contributed by atoms with Crippen LogP contribution in [0, 0.1) is 0 Å². The van der Waals surface area contributed by atoms with Crippen LogP contribution in [0.1, 0.15) is 0 Å². The first-order valence-corrected chi connectivity index (χ1v) is 2.52. The monoisotopic (exact) mass is 148 g/mol. The van der Waals surface area contributed by atoms with E-state index in [2.05, 4.69) is 10.2 Å². The summed E-state index contributed by atoms with van der Waals surface area (Å²) >= 11 is 0. The van der Waals surface area contributed by atoms with Crippen molar-refractivity contribution < 1.29 is 19.4 Å². The molecule has 0 saturated heterocycles. The van der Waals surface area contributed by atoms with Crippen molar-refractivity contribution >= 4 is 11.9 Å². The number of rotatable bonds is 3. The fourth-order valence-corrected chi connectivity index (χ4v) is 0.264. The van der Waals surface area contributed by atoms with Gasteiger partial charge in [-0.3, -0.25) is 11.3 Å². The first kappa shape index (κ1) is 8.86. The summed E-state index contributed by atoms with van der Waals surface area (Å²) in [5, 5.41) is 7.96. The lowest BCUT2D eigenvalue weighted by molar-refractivity contribution is -0.163. The average molecular weight is 148 g/mol. The first-order valence-electron chi connectivity index (χ1n) is 2.52. The van der Waals surface area contributed by atoms with Gasteiger partial charge >= 0.3 is 11.9 Å². The number of esters is 1. The Kier molecular flexibility index (Phi) is 4.17. The van der Waals surface area contributed by atoms with Gasteiger partial charge in [0.1, 0.15) is 6.61 Å². The Morgan fingerprint density at radius 2 is 2.20 bits per heavy atom. The van der Waals surface area contributed by atoms with Crippen LogP contribution in [0.15, 0.2) is 0 Å². The molecule has 0 fully saturated rings. The number of carbonyl (C=O) groups excluding carboxylic acids is 1. The fourth-order valence-electron chi connectivity index (χ4n) is 0.264. The number of nitrogens with one attached hydrogen (secondary N) is 1. The van der Waals surface area contributed by atoms with E-state index in [0.29, 0.717) is 0 Å². The van der Waals surface area contributed by atoms with Crippen LogP contribution in [0.2, 0.25) is 0 Å². The van der Waals surface area contributed by atoms with Gasteiger partial charge < -0.3 is 9.84 Å². The van der Waals surface area contributed by atoms with Crippen LogP contribution in [-0.2, 0) is 14.3 Å². The molecule has 4 N–H and O–H groups in total. The van der Waals surface area contributed by atoms with Gasteiger partial charge in [-0.2, -0.15) is 0 Å². The maximum absolute atomic E-state index is 10.1. The number of carboxylic acids is 1. The molecule has 0 aromatic heterocycles. The van der Waals surface area contributed by atoms with E-state index < -0.39 is 11.9 Å². The van der Waals surface area contributed by atoms with Crippen LogP contribution in [-0.4, -0.2) is 30.2 Å². The first-order chi connectivity index (χ1) is 4.68. The highest BCUT2D eigenvalue weighted by Gasteiger charge is 2.11. The van der Waals surface area contributed by atoms with Crippen LogP contribution >= 0.6 is 0 Å². The summed E-state index contributed by atoms with van der Waals surface area (Å²) in [6.45, 7) is 0.195. The van der Waals surface area contributed by atoms with Gasteiger partial charge in [0.2, 0.25) is 0 Å². The number of nitrogens with two attached hydrogens (primary N) is 1. The zero-order valence-corrected chi connectivity index (χ0v) is 5.16. The molecule has 0 aromatic rings. The molecule has 0 heterocycles. The Morgan fingerprint density at radius 3 is 2.60 bits per heavy atom. The minimum absolute atomic E-state index is 0.0400. The zero-order chi connectivity index (χ0) is 7.98. The Balaban J connectivity index is 3.31. The molecule has 0 aliphatic heterocycles. The van der Waals surface area contributed by atoms with Crippen LogP contribution in [0.3, 0.4) is 0 Å². The molecule has 0 saturated carbocycles. The van der Waals surface area contributed by atoms with Crippen LogP contribution in [0.5, 0.6) is 0 Å². The van der Waals surface area contributed by atoms with Gasteiger partial charge in [0.15, 0.2) is 0 Å². The number of aliphatic carboxylic acids is 1. The molecule has 0 unspecified atom stereocenters. The summed E-state index contributed by atoms with van der Waals surface area (Å²) in [4.78, 5) is 19.9. The van der Waals surface area contributed by atoms with Crippen LogP contribution < -0.4 is 11.3 Å². The molecule has 0 aliphatic rings. The molecule has 6 heteroatoms. The summed E-state index contributed by atoms with van der Waals surface area (Å²) in [6, 6.07) is 0. The van der Waals surface area contributed by atoms with Crippen molar-refractivity contribution in [2.75, 3.05) is 13.2 Å². The molecule has 0 bridgehead atoms. The van der Waals surface area contributed by atoms with E-state index in [9.17, 15) is 9.59 Å². The molecule has 0 atom stereocenters. The minimum atomic E-state index is -1.60. The standard InChI is InChI=1S/C4H8N2O4/c5-6-1-2-10-4(9)3(7)8/h6H,1-2,5H2,(H,7,8). The molecule has 58 valence electrons. The van der Waals surface area contributed by atoms with E-state index in [-0.39, 0.29) is 13.2 Å². The van der Waals surface area contributed by atoms with Crippen molar-refractivity contribution in [3.8, 4) is 0 Å². The van der Waals surface area contributed by atoms with E-state index in [1.807, 2.05) is 0 Å². The van der Waals surface area contributed by atoms with E-state index in [0.717, 1.165) is 0 Å². The van der Waals surface area contributed by atoms with Gasteiger partial charge in [-0.15, -0.1) is 0 Å². The maximum atomic E-state index is 10.1. The second-order valence-corrected chi connectivity index (χ2v) is 1.40. The summed E-state index contributed by atoms with van der Waals surface area (Å²) in [5.74, 6) is 1.93. The van der Waals surface area contributed by atoms with Gasteiger partial charge in [0.05, 0.1) is 0 Å². The molecule has 10 heavy (non-hydrogen) atoms. The smallest absolute Gasteiger partial charge is 0.417 e. The van der Waals surface area contributed by atoms with E-state index in [4.69, 9.17) is 10.9 Å². The number of hydrazine groups is 1. The lowest BCUT2D eigenvalue weighted by Gasteiger charge is -1.98. The quantitative estimate of drug-likeness (QED) is 0.142. The average Bonchev–Trinajstić information content (AvgIpc) is 1.88. The largest absolute Gasteiger partial charge is 0.473 e. The third-order valence-corrected chi connectivity index (χ3v) is 0.654. The van der Waals surface area contributed by atoms with Gasteiger partial charge in [0, 0.05) is 6.54 Å². The normalized spacial score (nSPS) is 8.90. The van der Waals surface area contributed by atoms with Crippen LogP contribution in [0.25, 0.3) is 0 Å². The topological polar surface area (TPSA) is 102 Å².